The lowest BCUT2D eigenvalue weighted by atomic mass is 10.2. The maximum atomic E-state index is 10.8. The van der Waals surface area contributed by atoms with Crippen molar-refractivity contribution in [2.24, 2.45) is 0 Å². The lowest BCUT2D eigenvalue weighted by Crippen LogP contribution is -1.98. The predicted octanol–water partition coefficient (Wildman–Crippen LogP) is 4.04. The van der Waals surface area contributed by atoms with Gasteiger partial charge in [-0.15, -0.1) is 0 Å². The molecule has 0 N–H and O–H groups in total. The van der Waals surface area contributed by atoms with Gasteiger partial charge in [-0.2, -0.15) is 0 Å². The SMILES string of the molecule is Cc1oc(-c2ccccc2)nc1COc1cccc(C=O)c1. The lowest BCUT2D eigenvalue weighted by Gasteiger charge is -2.04. The number of benzene rings is 2. The van der Waals surface area contributed by atoms with Gasteiger partial charge in [0.05, 0.1) is 0 Å². The molecule has 0 bridgehead atoms. The van der Waals surface area contributed by atoms with Gasteiger partial charge in [-0.1, -0.05) is 30.3 Å². The minimum absolute atomic E-state index is 0.296. The van der Waals surface area contributed by atoms with Crippen molar-refractivity contribution in [3.05, 3.63) is 71.6 Å². The second-order valence-corrected chi connectivity index (χ2v) is 4.87. The minimum Gasteiger partial charge on any atom is -0.487 e. The van der Waals surface area contributed by atoms with Crippen molar-refractivity contribution in [3.8, 4) is 17.2 Å². The molecule has 0 amide bonds. The second kappa shape index (κ2) is 6.26. The summed E-state index contributed by atoms with van der Waals surface area (Å²) < 4.78 is 11.4. The molecule has 3 aromatic rings. The number of carbonyl (C=O) groups excluding carboxylic acids is 1. The average Bonchev–Trinajstić information content (AvgIpc) is 2.95. The van der Waals surface area contributed by atoms with E-state index >= 15 is 0 Å². The van der Waals surface area contributed by atoms with E-state index in [1.807, 2.05) is 37.3 Å². The summed E-state index contributed by atoms with van der Waals surface area (Å²) >= 11 is 0. The van der Waals surface area contributed by atoms with E-state index in [1.165, 1.54) is 0 Å². The van der Waals surface area contributed by atoms with Gasteiger partial charge in [-0.3, -0.25) is 4.79 Å². The number of rotatable bonds is 5. The van der Waals surface area contributed by atoms with Crippen LogP contribution >= 0.6 is 0 Å². The van der Waals surface area contributed by atoms with Crippen LogP contribution in [0.15, 0.2) is 59.0 Å². The van der Waals surface area contributed by atoms with Crippen LogP contribution in [-0.2, 0) is 6.61 Å². The molecule has 0 fully saturated rings. The number of oxazole rings is 1. The number of aryl methyl sites for hydroxylation is 1. The monoisotopic (exact) mass is 293 g/mol. The molecule has 2 aromatic carbocycles. The number of aromatic nitrogens is 1. The summed E-state index contributed by atoms with van der Waals surface area (Å²) in [5.41, 5.74) is 2.26. The maximum absolute atomic E-state index is 10.8. The van der Waals surface area contributed by atoms with E-state index in [2.05, 4.69) is 4.98 Å². The Morgan fingerprint density at radius 2 is 1.95 bits per heavy atom. The topological polar surface area (TPSA) is 52.3 Å². The van der Waals surface area contributed by atoms with E-state index in [9.17, 15) is 4.79 Å². The summed E-state index contributed by atoms with van der Waals surface area (Å²) in [5, 5.41) is 0. The van der Waals surface area contributed by atoms with Crippen LogP contribution in [0.25, 0.3) is 11.5 Å². The molecular formula is C18H15NO3. The molecular weight excluding hydrogens is 278 g/mol. The highest BCUT2D eigenvalue weighted by atomic mass is 16.5. The molecule has 0 aliphatic carbocycles. The molecule has 22 heavy (non-hydrogen) atoms. The van der Waals surface area contributed by atoms with Gasteiger partial charge in [0, 0.05) is 11.1 Å². The zero-order chi connectivity index (χ0) is 15.4. The molecule has 1 heterocycles. The van der Waals surface area contributed by atoms with Crippen LogP contribution in [-0.4, -0.2) is 11.3 Å². The van der Waals surface area contributed by atoms with Gasteiger partial charge in [-0.05, 0) is 31.2 Å². The third-order valence-electron chi connectivity index (χ3n) is 3.28. The Morgan fingerprint density at radius 3 is 2.73 bits per heavy atom. The molecule has 4 heteroatoms. The van der Waals surface area contributed by atoms with Crippen LogP contribution in [0.4, 0.5) is 0 Å². The maximum Gasteiger partial charge on any atom is 0.226 e. The van der Waals surface area contributed by atoms with Gasteiger partial charge >= 0.3 is 0 Å². The molecule has 0 radical (unpaired) electrons. The fraction of sp³-hybridized carbons (Fsp3) is 0.111. The van der Waals surface area contributed by atoms with Crippen LogP contribution < -0.4 is 4.74 Å². The van der Waals surface area contributed by atoms with E-state index in [0.29, 0.717) is 23.8 Å². The van der Waals surface area contributed by atoms with Crippen LogP contribution in [0.2, 0.25) is 0 Å². The van der Waals surface area contributed by atoms with Crippen LogP contribution in [0.5, 0.6) is 5.75 Å². The van der Waals surface area contributed by atoms with Gasteiger partial charge < -0.3 is 9.15 Å². The Labute approximate surface area is 128 Å². The third-order valence-corrected chi connectivity index (χ3v) is 3.28. The molecule has 0 unspecified atom stereocenters. The summed E-state index contributed by atoms with van der Waals surface area (Å²) in [6.07, 6.45) is 0.793. The summed E-state index contributed by atoms with van der Waals surface area (Å²) in [6.45, 7) is 2.16. The summed E-state index contributed by atoms with van der Waals surface area (Å²) in [5.74, 6) is 1.94. The van der Waals surface area contributed by atoms with Crippen LogP contribution in [0.3, 0.4) is 0 Å². The number of aldehydes is 1. The highest BCUT2D eigenvalue weighted by molar-refractivity contribution is 5.75. The average molecular weight is 293 g/mol. The molecule has 110 valence electrons. The minimum atomic E-state index is 0.296. The number of nitrogens with zero attached hydrogens (tertiary/aromatic N) is 1. The number of hydrogen-bond donors (Lipinski definition) is 0. The number of carbonyl (C=O) groups is 1. The van der Waals surface area contributed by atoms with E-state index in [1.54, 1.807) is 24.3 Å². The van der Waals surface area contributed by atoms with Crippen molar-refractivity contribution < 1.29 is 13.9 Å². The quantitative estimate of drug-likeness (QED) is 0.666. The highest BCUT2D eigenvalue weighted by Gasteiger charge is 2.11. The van der Waals surface area contributed by atoms with Gasteiger partial charge in [-0.25, -0.2) is 4.98 Å². The molecule has 4 nitrogen and oxygen atoms in total. The second-order valence-electron chi connectivity index (χ2n) is 4.87. The molecule has 0 atom stereocenters. The first kappa shape index (κ1) is 14.1. The van der Waals surface area contributed by atoms with E-state index < -0.39 is 0 Å². The first-order valence-electron chi connectivity index (χ1n) is 6.96. The van der Waals surface area contributed by atoms with Gasteiger partial charge in [0.15, 0.2) is 0 Å². The van der Waals surface area contributed by atoms with Gasteiger partial charge in [0.25, 0.3) is 0 Å². The molecule has 0 saturated carbocycles. The van der Waals surface area contributed by atoms with Crippen molar-refractivity contribution in [3.63, 3.8) is 0 Å². The summed E-state index contributed by atoms with van der Waals surface area (Å²) in [4.78, 5) is 15.2. The largest absolute Gasteiger partial charge is 0.487 e. The van der Waals surface area contributed by atoms with E-state index in [-0.39, 0.29) is 0 Å². The van der Waals surface area contributed by atoms with Crippen molar-refractivity contribution >= 4 is 6.29 Å². The van der Waals surface area contributed by atoms with E-state index in [0.717, 1.165) is 23.3 Å². The molecule has 0 aliphatic rings. The van der Waals surface area contributed by atoms with Gasteiger partial charge in [0.2, 0.25) is 5.89 Å². The standard InChI is InChI=1S/C18H15NO3/c1-13-17(12-21-16-9-5-6-14(10-16)11-20)19-18(22-13)15-7-3-2-4-8-15/h2-11H,12H2,1H3. The Morgan fingerprint density at radius 1 is 1.14 bits per heavy atom. The Balaban J connectivity index is 1.75. The van der Waals surface area contributed by atoms with Crippen molar-refractivity contribution in [2.75, 3.05) is 0 Å². The van der Waals surface area contributed by atoms with Crippen molar-refractivity contribution in [1.29, 1.82) is 0 Å². The Bertz CT molecular complexity index is 778. The lowest BCUT2D eigenvalue weighted by molar-refractivity contribution is 0.112. The summed E-state index contributed by atoms with van der Waals surface area (Å²) in [7, 11) is 0. The first-order chi connectivity index (χ1) is 10.8. The van der Waals surface area contributed by atoms with Gasteiger partial charge in [0.1, 0.15) is 30.1 Å². The number of hydrogen-bond acceptors (Lipinski definition) is 4. The smallest absolute Gasteiger partial charge is 0.226 e. The van der Waals surface area contributed by atoms with Crippen molar-refractivity contribution in [1.82, 2.24) is 4.98 Å². The zero-order valence-electron chi connectivity index (χ0n) is 12.2. The van der Waals surface area contributed by atoms with Crippen molar-refractivity contribution in [2.45, 2.75) is 13.5 Å². The fourth-order valence-electron chi connectivity index (χ4n) is 2.10. The molecule has 3 rings (SSSR count). The molecule has 0 aliphatic heterocycles. The fourth-order valence-corrected chi connectivity index (χ4v) is 2.10. The number of ether oxygens (including phenoxy) is 1. The summed E-state index contributed by atoms with van der Waals surface area (Å²) in [6, 6.07) is 16.7. The Hall–Kier alpha value is -2.88. The normalized spacial score (nSPS) is 10.4. The Kier molecular flexibility index (Phi) is 4.01. The molecule has 0 saturated heterocycles. The molecule has 0 spiro atoms. The highest BCUT2D eigenvalue weighted by Crippen LogP contribution is 2.22. The third kappa shape index (κ3) is 3.06. The van der Waals surface area contributed by atoms with E-state index in [4.69, 9.17) is 9.15 Å². The zero-order valence-corrected chi connectivity index (χ0v) is 12.2. The first-order valence-corrected chi connectivity index (χ1v) is 6.96. The molecule has 1 aromatic heterocycles. The predicted molar refractivity (Wildman–Crippen MR) is 82.8 cm³/mol. The van der Waals surface area contributed by atoms with Crippen LogP contribution in [0, 0.1) is 6.92 Å². The van der Waals surface area contributed by atoms with Crippen LogP contribution in [0.1, 0.15) is 21.8 Å².